The van der Waals surface area contributed by atoms with Gasteiger partial charge in [-0.15, -0.1) is 0 Å². The number of aliphatic hydroxyl groups excluding tert-OH is 1. The Morgan fingerprint density at radius 2 is 1.56 bits per heavy atom. The first kappa shape index (κ1) is 17.8. The summed E-state index contributed by atoms with van der Waals surface area (Å²) in [5.74, 6) is 6.92. The van der Waals surface area contributed by atoms with Gasteiger partial charge in [0.15, 0.2) is 0 Å². The molecule has 0 aromatic heterocycles. The summed E-state index contributed by atoms with van der Waals surface area (Å²) in [6, 6.07) is 26.0. The highest BCUT2D eigenvalue weighted by Crippen LogP contribution is 2.28. The molecule has 1 aliphatic rings. The monoisotopic (exact) mass is 465 g/mol. The standard InChI is InChI=1S/C24H18IO2/c1-27-19-14-12-18(13-15-19)23-24(25-23)21-10-6-5-9-20(21)22(26)16-11-17-7-3-2-4-8-17/h2-10,12-15,22,26H,1H3/q+1. The van der Waals surface area contributed by atoms with Crippen LogP contribution in [0.2, 0.25) is 0 Å². The lowest BCUT2D eigenvalue weighted by Crippen LogP contribution is -3.48. The molecule has 1 heterocycles. The minimum Gasteiger partial charge on any atom is -0.497 e. The molecule has 0 fully saturated rings. The maximum absolute atomic E-state index is 10.7. The third-order valence-corrected chi connectivity index (χ3v) is 7.13. The molecule has 0 amide bonds. The predicted molar refractivity (Wildman–Crippen MR) is 105 cm³/mol. The van der Waals surface area contributed by atoms with E-state index in [1.807, 2.05) is 60.7 Å². The number of hydrogen-bond donors (Lipinski definition) is 1. The van der Waals surface area contributed by atoms with Crippen LogP contribution in [0.25, 0.3) is 7.16 Å². The normalized spacial score (nSPS) is 13.6. The molecule has 1 N–H and O–H groups in total. The number of methoxy groups -OCH3 is 1. The SMILES string of the molecule is COc1ccc(C2=C(c3ccccc3C(O)C#Cc3ccccc3)[I+]2)cc1. The summed E-state index contributed by atoms with van der Waals surface area (Å²) in [5, 5.41) is 10.7. The second-order valence-electron chi connectivity index (χ2n) is 6.08. The molecule has 2 nitrogen and oxygen atoms in total. The highest BCUT2D eigenvalue weighted by atomic mass is 127. The Bertz CT molecular complexity index is 1040. The molecule has 0 bridgehead atoms. The van der Waals surface area contributed by atoms with Crippen LogP contribution in [0, 0.1) is 11.8 Å². The molecule has 0 spiro atoms. The summed E-state index contributed by atoms with van der Waals surface area (Å²) in [5.41, 5.74) is 4.18. The second-order valence-corrected chi connectivity index (χ2v) is 8.77. The number of aliphatic hydroxyl groups is 1. The molecule has 3 aromatic rings. The lowest BCUT2D eigenvalue weighted by Gasteiger charge is -2.06. The average Bonchev–Trinajstić information content (AvgIpc) is 3.53. The highest BCUT2D eigenvalue weighted by Gasteiger charge is 2.49. The van der Waals surface area contributed by atoms with Crippen molar-refractivity contribution >= 4 is 7.16 Å². The van der Waals surface area contributed by atoms with Crippen molar-refractivity contribution in [3.63, 3.8) is 0 Å². The van der Waals surface area contributed by atoms with Crippen molar-refractivity contribution < 1.29 is 31.0 Å². The molecule has 1 aliphatic heterocycles. The number of hydrogen-bond acceptors (Lipinski definition) is 2. The van der Waals surface area contributed by atoms with Gasteiger partial charge in [-0.25, -0.2) is 0 Å². The smallest absolute Gasteiger partial charge is 0.369 e. The van der Waals surface area contributed by atoms with Gasteiger partial charge in [0.2, 0.25) is 0 Å². The minimum atomic E-state index is -0.796. The summed E-state index contributed by atoms with van der Waals surface area (Å²) < 4.78 is 8.05. The van der Waals surface area contributed by atoms with Gasteiger partial charge in [0.05, 0.1) is 7.11 Å². The number of ether oxygens (including phenoxy) is 1. The van der Waals surface area contributed by atoms with Crippen molar-refractivity contribution in [1.82, 2.24) is 0 Å². The van der Waals surface area contributed by atoms with Crippen LogP contribution >= 0.6 is 0 Å². The Kier molecular flexibility index (Phi) is 5.28. The molecule has 1 unspecified atom stereocenters. The van der Waals surface area contributed by atoms with E-state index in [1.165, 1.54) is 12.7 Å². The predicted octanol–water partition coefficient (Wildman–Crippen LogP) is 1.71. The maximum atomic E-state index is 10.7. The molecule has 0 aliphatic carbocycles. The quantitative estimate of drug-likeness (QED) is 0.470. The number of rotatable bonds is 4. The maximum Gasteiger partial charge on any atom is 0.369 e. The third kappa shape index (κ3) is 4.08. The van der Waals surface area contributed by atoms with Crippen LogP contribution in [0.5, 0.6) is 5.75 Å². The van der Waals surface area contributed by atoms with Crippen molar-refractivity contribution in [2.75, 3.05) is 7.11 Å². The minimum absolute atomic E-state index is 0.127. The van der Waals surface area contributed by atoms with Crippen molar-refractivity contribution in [3.05, 3.63) is 101 Å². The van der Waals surface area contributed by atoms with Crippen LogP contribution in [0.1, 0.15) is 28.4 Å². The zero-order valence-electron chi connectivity index (χ0n) is 14.8. The first-order valence-electron chi connectivity index (χ1n) is 8.64. The summed E-state index contributed by atoms with van der Waals surface area (Å²) in [7, 11) is 1.68. The van der Waals surface area contributed by atoms with Gasteiger partial charge in [-0.2, -0.15) is 0 Å². The second kappa shape index (κ2) is 7.99. The van der Waals surface area contributed by atoms with E-state index in [9.17, 15) is 5.11 Å². The molecule has 3 aromatic carbocycles. The van der Waals surface area contributed by atoms with Gasteiger partial charge in [0.25, 0.3) is 7.16 Å². The molecule has 1 atom stereocenters. The zero-order chi connectivity index (χ0) is 18.6. The first-order valence-corrected chi connectivity index (χ1v) is 10.8. The van der Waals surface area contributed by atoms with E-state index in [4.69, 9.17) is 4.74 Å². The van der Waals surface area contributed by atoms with Crippen molar-refractivity contribution in [2.45, 2.75) is 6.10 Å². The number of benzene rings is 3. The largest absolute Gasteiger partial charge is 0.497 e. The molecule has 3 heteroatoms. The average molecular weight is 465 g/mol. The van der Waals surface area contributed by atoms with Crippen LogP contribution in [0.15, 0.2) is 78.9 Å². The van der Waals surface area contributed by atoms with E-state index in [0.29, 0.717) is 0 Å². The number of halogens is 1. The molecular weight excluding hydrogens is 447 g/mol. The molecule has 132 valence electrons. The van der Waals surface area contributed by atoms with E-state index in [0.717, 1.165) is 22.4 Å². The third-order valence-electron chi connectivity index (χ3n) is 4.31. The lowest BCUT2D eigenvalue weighted by molar-refractivity contribution is -0.391. The van der Waals surface area contributed by atoms with Crippen LogP contribution in [-0.2, 0) is 0 Å². The molecule has 0 saturated heterocycles. The summed E-state index contributed by atoms with van der Waals surface area (Å²) in [6.45, 7) is 0. The molecular formula is C24H18IO2+. The van der Waals surface area contributed by atoms with Gasteiger partial charge < -0.3 is 9.84 Å². The Morgan fingerprint density at radius 3 is 2.30 bits per heavy atom. The first-order chi connectivity index (χ1) is 13.3. The molecule has 0 saturated carbocycles. The lowest BCUT2D eigenvalue weighted by atomic mass is 10.0. The van der Waals surface area contributed by atoms with E-state index >= 15 is 0 Å². The van der Waals surface area contributed by atoms with Gasteiger partial charge >= 0.3 is 21.2 Å². The van der Waals surface area contributed by atoms with Gasteiger partial charge in [0.1, 0.15) is 11.9 Å². The summed E-state index contributed by atoms with van der Waals surface area (Å²) >= 11 is -0.127. The summed E-state index contributed by atoms with van der Waals surface area (Å²) in [4.78, 5) is 0. The van der Waals surface area contributed by atoms with Crippen molar-refractivity contribution in [3.8, 4) is 17.6 Å². The Labute approximate surface area is 169 Å². The van der Waals surface area contributed by atoms with E-state index in [1.54, 1.807) is 7.11 Å². The van der Waals surface area contributed by atoms with E-state index < -0.39 is 6.10 Å². The zero-order valence-corrected chi connectivity index (χ0v) is 17.0. The fourth-order valence-electron chi connectivity index (χ4n) is 2.84. The molecule has 0 radical (unpaired) electrons. The van der Waals surface area contributed by atoms with E-state index in [2.05, 4.69) is 30.0 Å². The Hall–Kier alpha value is -2.55. The van der Waals surface area contributed by atoms with Crippen molar-refractivity contribution in [1.29, 1.82) is 0 Å². The highest BCUT2D eigenvalue weighted by molar-refractivity contribution is 5.92. The van der Waals surface area contributed by atoms with Crippen molar-refractivity contribution in [2.24, 2.45) is 0 Å². The van der Waals surface area contributed by atoms with Gasteiger partial charge in [0, 0.05) is 22.3 Å². The van der Waals surface area contributed by atoms with Crippen LogP contribution in [0.3, 0.4) is 0 Å². The molecule has 4 rings (SSSR count). The topological polar surface area (TPSA) is 29.5 Å². The Morgan fingerprint density at radius 1 is 0.852 bits per heavy atom. The van der Waals surface area contributed by atoms with Crippen LogP contribution in [0.4, 0.5) is 0 Å². The van der Waals surface area contributed by atoms with Gasteiger partial charge in [-0.05, 0) is 42.5 Å². The Balaban J connectivity index is 1.62. The summed E-state index contributed by atoms with van der Waals surface area (Å²) in [6.07, 6.45) is -0.796. The fraction of sp³-hybridized carbons (Fsp3) is 0.0833. The van der Waals surface area contributed by atoms with Gasteiger partial charge in [-0.3, -0.25) is 0 Å². The van der Waals surface area contributed by atoms with Crippen LogP contribution in [-0.4, -0.2) is 12.2 Å². The van der Waals surface area contributed by atoms with Crippen LogP contribution < -0.4 is 25.9 Å². The van der Waals surface area contributed by atoms with E-state index in [-0.39, 0.29) is 21.2 Å². The fourth-order valence-corrected chi connectivity index (χ4v) is 5.30. The van der Waals surface area contributed by atoms with Gasteiger partial charge in [-0.1, -0.05) is 48.2 Å². The molecule has 27 heavy (non-hydrogen) atoms.